The first kappa shape index (κ1) is 18.6. The van der Waals surface area contributed by atoms with Crippen molar-refractivity contribution >= 4 is 5.97 Å². The van der Waals surface area contributed by atoms with Crippen LogP contribution in [-0.2, 0) is 0 Å². The molecule has 0 unspecified atom stereocenters. The number of rotatable bonds is 7. The van der Waals surface area contributed by atoms with E-state index in [0.29, 0.717) is 24.0 Å². The lowest BCUT2D eigenvalue weighted by Gasteiger charge is -2.03. The molecule has 0 bridgehead atoms. The summed E-state index contributed by atoms with van der Waals surface area (Å²) in [4.78, 5) is 18.1. The summed E-state index contributed by atoms with van der Waals surface area (Å²) in [5, 5.41) is 17.1. The summed E-state index contributed by atoms with van der Waals surface area (Å²) in [6, 6.07) is 8.51. The molecule has 0 saturated heterocycles. The van der Waals surface area contributed by atoms with Crippen molar-refractivity contribution in [2.24, 2.45) is 11.8 Å². The van der Waals surface area contributed by atoms with Gasteiger partial charge >= 0.3 is 5.97 Å². The third-order valence-electron chi connectivity index (χ3n) is 4.17. The predicted octanol–water partition coefficient (Wildman–Crippen LogP) is 3.31. The molecule has 7 heteroatoms. The number of aromatic nitrogens is 2. The molecule has 2 heterocycles. The van der Waals surface area contributed by atoms with Gasteiger partial charge in [-0.2, -0.15) is 5.26 Å². The summed E-state index contributed by atoms with van der Waals surface area (Å²) in [5.74, 6) is 1.82. The largest absolute Gasteiger partial charge is 0.492 e. The van der Waals surface area contributed by atoms with E-state index in [4.69, 9.17) is 19.8 Å². The second-order valence-corrected chi connectivity index (χ2v) is 6.68. The average Bonchev–Trinajstić information content (AvgIpc) is 3.61. The highest BCUT2D eigenvalue weighted by molar-refractivity contribution is 5.85. The second-order valence-electron chi connectivity index (χ2n) is 6.68. The standard InChI is InChI=1S/C10H10N2O.C10H11NO3/c11-5-9-3-4-10(6-12-9)13-7-8-1-2-8;12-10(13)9-4-3-8(5-11-9)14-6-7-1-2-7/h3-4,6,8H,1-2,7H2;3-5,7H,1-2,6H2,(H,12,13). The summed E-state index contributed by atoms with van der Waals surface area (Å²) in [6.45, 7) is 1.50. The first-order valence-electron chi connectivity index (χ1n) is 8.95. The third kappa shape index (κ3) is 6.59. The zero-order chi connectivity index (χ0) is 19.1. The van der Waals surface area contributed by atoms with Crippen LogP contribution in [0.4, 0.5) is 0 Å². The average molecular weight is 367 g/mol. The van der Waals surface area contributed by atoms with Gasteiger partial charge in [-0.3, -0.25) is 0 Å². The number of ether oxygens (including phenoxy) is 2. The molecule has 2 aromatic rings. The van der Waals surface area contributed by atoms with Gasteiger partial charge in [-0.15, -0.1) is 0 Å². The van der Waals surface area contributed by atoms with Crippen LogP contribution in [-0.4, -0.2) is 34.3 Å². The minimum absolute atomic E-state index is 0.0452. The molecule has 2 fully saturated rings. The van der Waals surface area contributed by atoms with Crippen LogP contribution >= 0.6 is 0 Å². The smallest absolute Gasteiger partial charge is 0.354 e. The number of carbonyl (C=O) groups is 1. The van der Waals surface area contributed by atoms with E-state index in [1.165, 1.54) is 37.9 Å². The van der Waals surface area contributed by atoms with Crippen LogP contribution in [0.3, 0.4) is 0 Å². The molecular formula is C20H21N3O4. The first-order valence-corrected chi connectivity index (χ1v) is 8.95. The summed E-state index contributed by atoms with van der Waals surface area (Å²) in [6.07, 6.45) is 8.08. The van der Waals surface area contributed by atoms with Crippen LogP contribution in [0.2, 0.25) is 0 Å². The Bertz CT molecular complexity index is 791. The Morgan fingerprint density at radius 1 is 1.00 bits per heavy atom. The predicted molar refractivity (Wildman–Crippen MR) is 96.6 cm³/mol. The molecule has 27 heavy (non-hydrogen) atoms. The van der Waals surface area contributed by atoms with Crippen LogP contribution in [0, 0.1) is 23.2 Å². The molecule has 0 aliphatic heterocycles. The highest BCUT2D eigenvalue weighted by Gasteiger charge is 2.22. The van der Waals surface area contributed by atoms with Gasteiger partial charge < -0.3 is 14.6 Å². The molecule has 140 valence electrons. The van der Waals surface area contributed by atoms with Gasteiger partial charge in [0.15, 0.2) is 0 Å². The van der Waals surface area contributed by atoms with Crippen molar-refractivity contribution < 1.29 is 19.4 Å². The molecule has 0 aromatic carbocycles. The highest BCUT2D eigenvalue weighted by atomic mass is 16.5. The fourth-order valence-corrected chi connectivity index (χ4v) is 2.12. The Labute approximate surface area is 157 Å². The topological polar surface area (TPSA) is 105 Å². The quantitative estimate of drug-likeness (QED) is 0.800. The number of carboxylic acid groups (broad SMARTS) is 1. The molecule has 2 saturated carbocycles. The van der Waals surface area contributed by atoms with E-state index in [1.54, 1.807) is 24.4 Å². The van der Waals surface area contributed by atoms with E-state index < -0.39 is 5.97 Å². The molecule has 4 rings (SSSR count). The van der Waals surface area contributed by atoms with Gasteiger partial charge in [0, 0.05) is 0 Å². The van der Waals surface area contributed by atoms with E-state index in [2.05, 4.69) is 9.97 Å². The Balaban J connectivity index is 0.000000156. The van der Waals surface area contributed by atoms with Crippen molar-refractivity contribution in [2.45, 2.75) is 25.7 Å². The molecular weight excluding hydrogens is 346 g/mol. The van der Waals surface area contributed by atoms with Crippen molar-refractivity contribution in [1.29, 1.82) is 5.26 Å². The number of hydrogen-bond acceptors (Lipinski definition) is 6. The normalized spacial score (nSPS) is 15.1. The monoisotopic (exact) mass is 367 g/mol. The molecule has 1 N–H and O–H groups in total. The van der Waals surface area contributed by atoms with Crippen LogP contribution in [0.25, 0.3) is 0 Å². The van der Waals surface area contributed by atoms with Gasteiger partial charge in [-0.05, 0) is 61.8 Å². The van der Waals surface area contributed by atoms with E-state index in [1.807, 2.05) is 6.07 Å². The SMILES string of the molecule is N#Cc1ccc(OCC2CC2)cn1.O=C(O)c1ccc(OCC2CC2)cn1. The zero-order valence-corrected chi connectivity index (χ0v) is 14.9. The number of pyridine rings is 2. The van der Waals surface area contributed by atoms with Crippen molar-refractivity contribution in [2.75, 3.05) is 13.2 Å². The van der Waals surface area contributed by atoms with Gasteiger partial charge in [0.1, 0.15) is 29.0 Å². The molecule has 2 aliphatic carbocycles. The van der Waals surface area contributed by atoms with Crippen LogP contribution in [0.15, 0.2) is 36.7 Å². The molecule has 0 amide bonds. The van der Waals surface area contributed by atoms with Crippen LogP contribution in [0.1, 0.15) is 41.9 Å². The molecule has 0 atom stereocenters. The van der Waals surface area contributed by atoms with Crippen LogP contribution < -0.4 is 9.47 Å². The van der Waals surface area contributed by atoms with Crippen molar-refractivity contribution in [3.05, 3.63) is 48.0 Å². The molecule has 0 spiro atoms. The number of nitrogens with zero attached hydrogens (tertiary/aromatic N) is 3. The lowest BCUT2D eigenvalue weighted by atomic mass is 10.3. The van der Waals surface area contributed by atoms with Crippen molar-refractivity contribution in [1.82, 2.24) is 9.97 Å². The van der Waals surface area contributed by atoms with Crippen molar-refractivity contribution in [3.8, 4) is 17.6 Å². The Kier molecular flexibility index (Phi) is 6.21. The van der Waals surface area contributed by atoms with Gasteiger partial charge in [-0.25, -0.2) is 14.8 Å². The Morgan fingerprint density at radius 3 is 1.93 bits per heavy atom. The van der Waals surface area contributed by atoms with E-state index in [9.17, 15) is 4.79 Å². The lowest BCUT2D eigenvalue weighted by Crippen LogP contribution is -2.02. The highest BCUT2D eigenvalue weighted by Crippen LogP contribution is 2.30. The third-order valence-corrected chi connectivity index (χ3v) is 4.17. The summed E-state index contributed by atoms with van der Waals surface area (Å²) < 4.78 is 10.9. The maximum atomic E-state index is 10.5. The fraction of sp³-hybridized carbons (Fsp3) is 0.400. The van der Waals surface area contributed by atoms with Gasteiger partial charge in [-0.1, -0.05) is 0 Å². The first-order chi connectivity index (χ1) is 13.1. The Morgan fingerprint density at radius 2 is 1.56 bits per heavy atom. The van der Waals surface area contributed by atoms with E-state index >= 15 is 0 Å². The second kappa shape index (κ2) is 8.99. The molecule has 2 aliphatic rings. The lowest BCUT2D eigenvalue weighted by molar-refractivity contribution is 0.0690. The maximum absolute atomic E-state index is 10.5. The summed E-state index contributed by atoms with van der Waals surface area (Å²) in [5.41, 5.74) is 0.475. The Hall–Kier alpha value is -3.14. The summed E-state index contributed by atoms with van der Waals surface area (Å²) >= 11 is 0. The van der Waals surface area contributed by atoms with Crippen molar-refractivity contribution in [3.63, 3.8) is 0 Å². The summed E-state index contributed by atoms with van der Waals surface area (Å²) in [7, 11) is 0. The number of hydrogen-bond donors (Lipinski definition) is 1. The van der Waals surface area contributed by atoms with Crippen LogP contribution in [0.5, 0.6) is 11.5 Å². The van der Waals surface area contributed by atoms with Gasteiger partial charge in [0.05, 0.1) is 25.6 Å². The van der Waals surface area contributed by atoms with E-state index in [0.717, 1.165) is 18.3 Å². The number of carboxylic acids is 1. The zero-order valence-electron chi connectivity index (χ0n) is 14.9. The minimum atomic E-state index is -1.02. The maximum Gasteiger partial charge on any atom is 0.354 e. The molecule has 7 nitrogen and oxygen atoms in total. The molecule has 0 radical (unpaired) electrons. The minimum Gasteiger partial charge on any atom is -0.492 e. The number of nitriles is 1. The fourth-order valence-electron chi connectivity index (χ4n) is 2.12. The van der Waals surface area contributed by atoms with Gasteiger partial charge in [0.25, 0.3) is 0 Å². The van der Waals surface area contributed by atoms with Gasteiger partial charge in [0.2, 0.25) is 0 Å². The number of aromatic carboxylic acids is 1. The molecule has 2 aromatic heterocycles. The van der Waals surface area contributed by atoms with E-state index in [-0.39, 0.29) is 5.69 Å².